The highest BCUT2D eigenvalue weighted by molar-refractivity contribution is 5.81. The summed E-state index contributed by atoms with van der Waals surface area (Å²) in [5.41, 5.74) is 4.20. The third-order valence-electron chi connectivity index (χ3n) is 4.35. The molecule has 0 bridgehead atoms. The van der Waals surface area contributed by atoms with Gasteiger partial charge >= 0.3 is 0 Å². The second-order valence-corrected chi connectivity index (χ2v) is 5.94. The van der Waals surface area contributed by atoms with E-state index in [2.05, 4.69) is 21.7 Å². The molecule has 0 spiro atoms. The van der Waals surface area contributed by atoms with Crippen LogP contribution in [-0.2, 0) is 6.54 Å². The van der Waals surface area contributed by atoms with Crippen LogP contribution in [0.3, 0.4) is 0 Å². The number of ether oxygens (including phenoxy) is 2. The Kier molecular flexibility index (Phi) is 3.16. The topological polar surface area (TPSA) is 49.2 Å². The lowest BCUT2D eigenvalue weighted by molar-refractivity contribution is 0.174. The van der Waals surface area contributed by atoms with E-state index in [1.165, 1.54) is 0 Å². The van der Waals surface area contributed by atoms with Crippen molar-refractivity contribution in [2.75, 3.05) is 6.79 Å². The third-order valence-corrected chi connectivity index (χ3v) is 4.35. The summed E-state index contributed by atoms with van der Waals surface area (Å²) >= 11 is 0. The van der Waals surface area contributed by atoms with Crippen molar-refractivity contribution in [2.45, 2.75) is 6.54 Å². The first-order valence-corrected chi connectivity index (χ1v) is 8.13. The van der Waals surface area contributed by atoms with Gasteiger partial charge in [-0.3, -0.25) is 4.98 Å². The average Bonchev–Trinajstić information content (AvgIpc) is 3.27. The smallest absolute Gasteiger partial charge is 0.231 e. The zero-order chi connectivity index (χ0) is 16.6. The van der Waals surface area contributed by atoms with Crippen LogP contribution in [0.25, 0.3) is 22.4 Å². The van der Waals surface area contributed by atoms with Gasteiger partial charge in [0, 0.05) is 18.0 Å². The highest BCUT2D eigenvalue weighted by Crippen LogP contribution is 2.36. The maximum atomic E-state index is 5.52. The monoisotopic (exact) mass is 329 g/mol. The SMILES string of the molecule is c1cncc(Cn2c(-c3ccc4c(c3)OCO4)nc3ccccc32)c1. The fourth-order valence-corrected chi connectivity index (χ4v) is 3.17. The Bertz CT molecular complexity index is 1060. The molecule has 5 rings (SSSR count). The second kappa shape index (κ2) is 5.63. The van der Waals surface area contributed by atoms with Gasteiger partial charge in [0.1, 0.15) is 5.82 Å². The van der Waals surface area contributed by atoms with Crippen LogP contribution in [0.5, 0.6) is 11.5 Å². The van der Waals surface area contributed by atoms with Crippen molar-refractivity contribution in [1.82, 2.24) is 14.5 Å². The number of aromatic nitrogens is 3. The van der Waals surface area contributed by atoms with Crippen molar-refractivity contribution in [2.24, 2.45) is 0 Å². The lowest BCUT2D eigenvalue weighted by Crippen LogP contribution is -2.02. The average molecular weight is 329 g/mol. The van der Waals surface area contributed by atoms with E-state index in [9.17, 15) is 0 Å². The summed E-state index contributed by atoms with van der Waals surface area (Å²) in [6.07, 6.45) is 3.67. The van der Waals surface area contributed by atoms with Gasteiger partial charge in [-0.2, -0.15) is 0 Å². The van der Waals surface area contributed by atoms with Crippen LogP contribution in [0.15, 0.2) is 67.0 Å². The molecule has 0 N–H and O–H groups in total. The Morgan fingerprint density at radius 2 is 1.88 bits per heavy atom. The van der Waals surface area contributed by atoms with Crippen LogP contribution < -0.4 is 9.47 Å². The van der Waals surface area contributed by atoms with Gasteiger partial charge in [-0.25, -0.2) is 4.98 Å². The summed E-state index contributed by atoms with van der Waals surface area (Å²) < 4.78 is 13.2. The van der Waals surface area contributed by atoms with Crippen molar-refractivity contribution in [3.05, 3.63) is 72.6 Å². The molecule has 2 aromatic carbocycles. The van der Waals surface area contributed by atoms with Crippen LogP contribution in [0.4, 0.5) is 0 Å². The van der Waals surface area contributed by atoms with E-state index in [0.717, 1.165) is 39.5 Å². The van der Waals surface area contributed by atoms with Crippen molar-refractivity contribution in [1.29, 1.82) is 0 Å². The second-order valence-electron chi connectivity index (χ2n) is 5.94. The van der Waals surface area contributed by atoms with Gasteiger partial charge in [-0.1, -0.05) is 18.2 Å². The number of benzene rings is 2. The first kappa shape index (κ1) is 14.0. The first-order chi connectivity index (χ1) is 12.4. The summed E-state index contributed by atoms with van der Waals surface area (Å²) in [6, 6.07) is 18.1. The quantitative estimate of drug-likeness (QED) is 0.572. The van der Waals surface area contributed by atoms with E-state index in [0.29, 0.717) is 6.54 Å². The molecule has 2 aromatic heterocycles. The fourth-order valence-electron chi connectivity index (χ4n) is 3.17. The molecule has 0 saturated carbocycles. The number of imidazole rings is 1. The minimum atomic E-state index is 0.269. The Hall–Kier alpha value is -3.34. The van der Waals surface area contributed by atoms with Crippen molar-refractivity contribution in [3.8, 4) is 22.9 Å². The molecule has 0 aliphatic carbocycles. The maximum Gasteiger partial charge on any atom is 0.231 e. The highest BCUT2D eigenvalue weighted by Gasteiger charge is 2.18. The molecule has 0 saturated heterocycles. The van der Waals surface area contributed by atoms with E-state index in [4.69, 9.17) is 14.5 Å². The van der Waals surface area contributed by atoms with Gasteiger partial charge < -0.3 is 14.0 Å². The zero-order valence-corrected chi connectivity index (χ0v) is 13.4. The van der Waals surface area contributed by atoms with Crippen LogP contribution in [0, 0.1) is 0 Å². The van der Waals surface area contributed by atoms with Crippen LogP contribution in [-0.4, -0.2) is 21.3 Å². The minimum absolute atomic E-state index is 0.269. The van der Waals surface area contributed by atoms with Gasteiger partial charge in [-0.15, -0.1) is 0 Å². The van der Waals surface area contributed by atoms with Crippen LogP contribution in [0.2, 0.25) is 0 Å². The molecule has 25 heavy (non-hydrogen) atoms. The number of fused-ring (bicyclic) bond motifs is 2. The van der Waals surface area contributed by atoms with Crippen LogP contribution in [0.1, 0.15) is 5.56 Å². The lowest BCUT2D eigenvalue weighted by Gasteiger charge is -2.10. The molecule has 1 aliphatic rings. The summed E-state index contributed by atoms with van der Waals surface area (Å²) in [7, 11) is 0. The summed E-state index contributed by atoms with van der Waals surface area (Å²) in [5.74, 6) is 2.44. The maximum absolute atomic E-state index is 5.52. The molecule has 4 aromatic rings. The molecule has 1 aliphatic heterocycles. The van der Waals surface area contributed by atoms with Gasteiger partial charge in [-0.05, 0) is 42.0 Å². The van der Waals surface area contributed by atoms with Gasteiger partial charge in [0.2, 0.25) is 6.79 Å². The Morgan fingerprint density at radius 3 is 2.80 bits per heavy atom. The number of hydrogen-bond acceptors (Lipinski definition) is 4. The van der Waals surface area contributed by atoms with E-state index in [-0.39, 0.29) is 6.79 Å². The molecule has 0 fully saturated rings. The summed E-state index contributed by atoms with van der Waals surface area (Å²) in [6.45, 7) is 0.975. The zero-order valence-electron chi connectivity index (χ0n) is 13.4. The molecular formula is C20H15N3O2. The Labute approximate surface area is 144 Å². The molecule has 0 atom stereocenters. The van der Waals surface area contributed by atoms with E-state index < -0.39 is 0 Å². The number of para-hydroxylation sites is 2. The van der Waals surface area contributed by atoms with Crippen molar-refractivity contribution < 1.29 is 9.47 Å². The van der Waals surface area contributed by atoms with Crippen molar-refractivity contribution in [3.63, 3.8) is 0 Å². The third kappa shape index (κ3) is 2.41. The molecule has 0 unspecified atom stereocenters. The first-order valence-electron chi connectivity index (χ1n) is 8.13. The number of rotatable bonds is 3. The predicted octanol–water partition coefficient (Wildman–Crippen LogP) is 3.88. The summed E-state index contributed by atoms with van der Waals surface area (Å²) in [4.78, 5) is 9.08. The van der Waals surface area contributed by atoms with E-state index in [1.54, 1.807) is 6.20 Å². The fraction of sp³-hybridized carbons (Fsp3) is 0.100. The molecule has 0 radical (unpaired) electrons. The molecular weight excluding hydrogens is 314 g/mol. The molecule has 0 amide bonds. The molecule has 3 heterocycles. The Morgan fingerprint density at radius 1 is 0.960 bits per heavy atom. The van der Waals surface area contributed by atoms with E-state index >= 15 is 0 Å². The standard InChI is InChI=1S/C20H15N3O2/c1-2-6-17-16(5-1)22-20(23(17)12-14-4-3-9-21-11-14)15-7-8-18-19(10-15)25-13-24-18/h1-11H,12-13H2. The minimum Gasteiger partial charge on any atom is -0.454 e. The number of nitrogens with zero attached hydrogens (tertiary/aromatic N) is 3. The van der Waals surface area contributed by atoms with Crippen LogP contribution >= 0.6 is 0 Å². The number of pyridine rings is 1. The Balaban J connectivity index is 1.68. The number of hydrogen-bond donors (Lipinski definition) is 0. The summed E-state index contributed by atoms with van der Waals surface area (Å²) in [5, 5.41) is 0. The molecule has 122 valence electrons. The van der Waals surface area contributed by atoms with Gasteiger partial charge in [0.05, 0.1) is 17.6 Å². The predicted molar refractivity (Wildman–Crippen MR) is 94.6 cm³/mol. The van der Waals surface area contributed by atoms with Gasteiger partial charge in [0.15, 0.2) is 11.5 Å². The normalized spacial score (nSPS) is 12.6. The van der Waals surface area contributed by atoms with E-state index in [1.807, 2.05) is 48.7 Å². The lowest BCUT2D eigenvalue weighted by atomic mass is 10.2. The van der Waals surface area contributed by atoms with Gasteiger partial charge in [0.25, 0.3) is 0 Å². The highest BCUT2D eigenvalue weighted by atomic mass is 16.7. The van der Waals surface area contributed by atoms with Crippen molar-refractivity contribution >= 4 is 11.0 Å². The molecule has 5 nitrogen and oxygen atoms in total. The largest absolute Gasteiger partial charge is 0.454 e. The molecule has 5 heteroatoms.